The molecular weight excluding hydrogens is 260 g/mol. The Morgan fingerprint density at radius 1 is 1.40 bits per heavy atom. The molecule has 1 atom stereocenters. The smallest absolute Gasteiger partial charge is 0.332 e. The van der Waals surface area contributed by atoms with Gasteiger partial charge in [0, 0.05) is 19.1 Å². The molecule has 110 valence electrons. The van der Waals surface area contributed by atoms with E-state index >= 15 is 0 Å². The summed E-state index contributed by atoms with van der Waals surface area (Å²) in [5.74, 6) is 0.413. The number of hydrogen-bond donors (Lipinski definition) is 1. The lowest BCUT2D eigenvalue weighted by Crippen LogP contribution is -2.39. The predicted octanol–water partition coefficient (Wildman–Crippen LogP) is 0.806. The van der Waals surface area contributed by atoms with Crippen LogP contribution in [-0.4, -0.2) is 52.5 Å². The Labute approximate surface area is 117 Å². The number of rotatable bonds is 2. The van der Waals surface area contributed by atoms with Gasteiger partial charge in [0.1, 0.15) is 5.69 Å². The van der Waals surface area contributed by atoms with E-state index in [9.17, 15) is 10.1 Å². The van der Waals surface area contributed by atoms with Gasteiger partial charge in [-0.25, -0.2) is 4.98 Å². The second kappa shape index (κ2) is 5.58. The van der Waals surface area contributed by atoms with Crippen LogP contribution >= 0.6 is 0 Å². The zero-order valence-corrected chi connectivity index (χ0v) is 12.0. The first-order valence-corrected chi connectivity index (χ1v) is 6.64. The lowest BCUT2D eigenvalue weighted by atomic mass is 10.2. The van der Waals surface area contributed by atoms with Crippen LogP contribution in [0.25, 0.3) is 0 Å². The lowest BCUT2D eigenvalue weighted by molar-refractivity contribution is -0.385. The molecule has 20 heavy (non-hydrogen) atoms. The van der Waals surface area contributed by atoms with Gasteiger partial charge in [-0.05, 0) is 33.9 Å². The molecule has 2 rings (SSSR count). The summed E-state index contributed by atoms with van der Waals surface area (Å²) in [6.45, 7) is 6.16. The highest BCUT2D eigenvalue weighted by atomic mass is 16.6. The predicted molar refractivity (Wildman–Crippen MR) is 76.8 cm³/mol. The van der Waals surface area contributed by atoms with Crippen molar-refractivity contribution in [1.29, 1.82) is 0 Å². The van der Waals surface area contributed by atoms with Crippen molar-refractivity contribution in [3.05, 3.63) is 15.8 Å². The number of hydrogen-bond acceptors (Lipinski definition) is 7. The summed E-state index contributed by atoms with van der Waals surface area (Å²) in [5.41, 5.74) is 5.93. The summed E-state index contributed by atoms with van der Waals surface area (Å²) in [4.78, 5) is 23.1. The summed E-state index contributed by atoms with van der Waals surface area (Å²) < 4.78 is 0. The van der Waals surface area contributed by atoms with Crippen LogP contribution in [0.4, 0.5) is 17.5 Å². The van der Waals surface area contributed by atoms with E-state index < -0.39 is 4.92 Å². The number of anilines is 2. The second-order valence-corrected chi connectivity index (χ2v) is 5.25. The van der Waals surface area contributed by atoms with Crippen LogP contribution in [0.2, 0.25) is 0 Å². The van der Waals surface area contributed by atoms with E-state index in [2.05, 4.69) is 14.9 Å². The maximum absolute atomic E-state index is 11.3. The number of aromatic nitrogens is 2. The van der Waals surface area contributed by atoms with Crippen molar-refractivity contribution in [2.45, 2.75) is 26.3 Å². The van der Waals surface area contributed by atoms with E-state index in [1.54, 1.807) is 6.92 Å². The van der Waals surface area contributed by atoms with Gasteiger partial charge in [0.05, 0.1) is 4.92 Å². The highest BCUT2D eigenvalue weighted by molar-refractivity contribution is 5.62. The van der Waals surface area contributed by atoms with E-state index in [1.165, 1.54) is 0 Å². The number of aryl methyl sites for hydroxylation is 1. The Balaban J connectivity index is 2.47. The second-order valence-electron chi connectivity index (χ2n) is 5.25. The molecule has 0 aromatic carbocycles. The Morgan fingerprint density at radius 3 is 2.75 bits per heavy atom. The molecule has 0 amide bonds. The third-order valence-electron chi connectivity index (χ3n) is 3.56. The van der Waals surface area contributed by atoms with Crippen LogP contribution in [0.5, 0.6) is 0 Å². The summed E-state index contributed by atoms with van der Waals surface area (Å²) >= 11 is 0. The molecular formula is C12H20N6O2. The van der Waals surface area contributed by atoms with E-state index in [0.29, 0.717) is 11.5 Å². The van der Waals surface area contributed by atoms with Crippen LogP contribution in [0, 0.1) is 17.0 Å². The van der Waals surface area contributed by atoms with Crippen LogP contribution in [0.3, 0.4) is 0 Å². The summed E-state index contributed by atoms with van der Waals surface area (Å²) in [6.07, 6.45) is 0.931. The van der Waals surface area contributed by atoms with Gasteiger partial charge in [0.25, 0.3) is 0 Å². The SMILES string of the molecule is Cc1nc(N)nc(N2CCCN(C)CC2C)c1[N+](=O)[O-]. The monoisotopic (exact) mass is 280 g/mol. The third-order valence-corrected chi connectivity index (χ3v) is 3.56. The van der Waals surface area contributed by atoms with Crippen LogP contribution in [0.15, 0.2) is 0 Å². The molecule has 1 unspecified atom stereocenters. The number of nitro groups is 1. The molecule has 0 spiro atoms. The molecule has 2 N–H and O–H groups in total. The van der Waals surface area contributed by atoms with Crippen molar-refractivity contribution < 1.29 is 4.92 Å². The van der Waals surface area contributed by atoms with Crippen molar-refractivity contribution in [1.82, 2.24) is 14.9 Å². The fourth-order valence-corrected chi connectivity index (χ4v) is 2.67. The molecule has 0 bridgehead atoms. The molecule has 8 heteroatoms. The number of nitrogen functional groups attached to an aromatic ring is 1. The molecule has 0 aliphatic carbocycles. The Morgan fingerprint density at radius 2 is 2.10 bits per heavy atom. The summed E-state index contributed by atoms with van der Waals surface area (Å²) in [7, 11) is 2.05. The van der Waals surface area contributed by atoms with Gasteiger partial charge < -0.3 is 15.5 Å². The van der Waals surface area contributed by atoms with Crippen molar-refractivity contribution in [3.63, 3.8) is 0 Å². The first-order valence-electron chi connectivity index (χ1n) is 6.64. The Kier molecular flexibility index (Phi) is 4.03. The molecule has 1 fully saturated rings. The Hall–Kier alpha value is -1.96. The Bertz CT molecular complexity index is 521. The maximum atomic E-state index is 11.3. The summed E-state index contributed by atoms with van der Waals surface area (Å²) in [5, 5.41) is 11.3. The van der Waals surface area contributed by atoms with Crippen LogP contribution < -0.4 is 10.6 Å². The molecule has 1 aromatic heterocycles. The molecule has 1 saturated heterocycles. The first kappa shape index (κ1) is 14.4. The fourth-order valence-electron chi connectivity index (χ4n) is 2.67. The third kappa shape index (κ3) is 2.79. The zero-order valence-electron chi connectivity index (χ0n) is 12.0. The van der Waals surface area contributed by atoms with Crippen LogP contribution in [0.1, 0.15) is 19.0 Å². The molecule has 0 saturated carbocycles. The number of nitrogens with zero attached hydrogens (tertiary/aromatic N) is 5. The highest BCUT2D eigenvalue weighted by Crippen LogP contribution is 2.31. The van der Waals surface area contributed by atoms with E-state index in [4.69, 9.17) is 5.73 Å². The molecule has 1 aromatic rings. The topological polar surface area (TPSA) is 101 Å². The molecule has 2 heterocycles. The lowest BCUT2D eigenvalue weighted by Gasteiger charge is -2.28. The average Bonchev–Trinajstić information content (AvgIpc) is 2.48. The largest absolute Gasteiger partial charge is 0.368 e. The quantitative estimate of drug-likeness (QED) is 0.631. The standard InChI is InChI=1S/C12H20N6O2/c1-8-7-16(3)5-4-6-17(8)11-10(18(19)20)9(2)14-12(13)15-11/h8H,4-7H2,1-3H3,(H2,13,14,15). The van der Waals surface area contributed by atoms with Gasteiger partial charge in [0.15, 0.2) is 0 Å². The van der Waals surface area contributed by atoms with Crippen molar-refractivity contribution in [2.24, 2.45) is 0 Å². The number of nitrogens with two attached hydrogens (primary N) is 1. The van der Waals surface area contributed by atoms with Gasteiger partial charge in [-0.15, -0.1) is 0 Å². The molecule has 1 aliphatic rings. The van der Waals surface area contributed by atoms with Gasteiger partial charge in [-0.3, -0.25) is 10.1 Å². The van der Waals surface area contributed by atoms with E-state index in [-0.39, 0.29) is 17.7 Å². The maximum Gasteiger partial charge on any atom is 0.332 e. The van der Waals surface area contributed by atoms with Crippen molar-refractivity contribution >= 4 is 17.5 Å². The van der Waals surface area contributed by atoms with Crippen molar-refractivity contribution in [2.75, 3.05) is 37.3 Å². The van der Waals surface area contributed by atoms with Gasteiger partial charge in [0.2, 0.25) is 11.8 Å². The highest BCUT2D eigenvalue weighted by Gasteiger charge is 2.30. The van der Waals surface area contributed by atoms with E-state index in [1.807, 2.05) is 18.9 Å². The minimum atomic E-state index is -0.425. The average molecular weight is 280 g/mol. The zero-order chi connectivity index (χ0) is 14.9. The van der Waals surface area contributed by atoms with Gasteiger partial charge >= 0.3 is 5.69 Å². The van der Waals surface area contributed by atoms with Gasteiger partial charge in [-0.1, -0.05) is 0 Å². The first-order chi connectivity index (χ1) is 9.40. The number of likely N-dealkylation sites (N-methyl/N-ethyl adjacent to an activating group) is 1. The summed E-state index contributed by atoms with van der Waals surface area (Å²) in [6, 6.07) is 0.134. The van der Waals surface area contributed by atoms with Crippen molar-refractivity contribution in [3.8, 4) is 0 Å². The molecule has 0 radical (unpaired) electrons. The van der Waals surface area contributed by atoms with Crippen LogP contribution in [-0.2, 0) is 0 Å². The fraction of sp³-hybridized carbons (Fsp3) is 0.667. The minimum absolute atomic E-state index is 0.0457. The molecule has 8 nitrogen and oxygen atoms in total. The normalized spacial score (nSPS) is 20.8. The molecule has 1 aliphatic heterocycles. The minimum Gasteiger partial charge on any atom is -0.368 e. The van der Waals surface area contributed by atoms with E-state index in [0.717, 1.165) is 26.1 Å². The van der Waals surface area contributed by atoms with Gasteiger partial charge in [-0.2, -0.15) is 4.98 Å².